The Balaban J connectivity index is 2.80. The van der Waals surface area contributed by atoms with E-state index in [0.29, 0.717) is 6.42 Å². The molecule has 1 atom stereocenters. The van der Waals surface area contributed by atoms with Crippen LogP contribution >= 0.6 is 0 Å². The fourth-order valence-electron chi connectivity index (χ4n) is 1.82. The minimum absolute atomic E-state index is 0.0252. The second-order valence-corrected chi connectivity index (χ2v) is 6.44. The van der Waals surface area contributed by atoms with Gasteiger partial charge in [-0.25, -0.2) is 8.42 Å². The first-order chi connectivity index (χ1) is 7.85. The van der Waals surface area contributed by atoms with Gasteiger partial charge in [0.1, 0.15) is 9.84 Å². The molecule has 17 heavy (non-hydrogen) atoms. The third-order valence-corrected chi connectivity index (χ3v) is 3.49. The first-order valence-electron chi connectivity index (χ1n) is 5.53. The smallest absolute Gasteiger partial charge is 0.149 e. The van der Waals surface area contributed by atoms with Crippen molar-refractivity contribution in [1.29, 1.82) is 0 Å². The molecule has 0 spiro atoms. The zero-order valence-corrected chi connectivity index (χ0v) is 11.3. The lowest BCUT2D eigenvalue weighted by atomic mass is 10.2. The maximum Gasteiger partial charge on any atom is 0.149 e. The highest BCUT2D eigenvalue weighted by molar-refractivity contribution is 7.90. The van der Waals surface area contributed by atoms with E-state index in [4.69, 9.17) is 5.84 Å². The number of hydrogen-bond acceptors (Lipinski definition) is 5. The standard InChI is InChI=1S/C10H20N4O2S/c1-4-14-10(5-8(2)13-14)6-9(12-11)7-17(3,15)16/h5,9,12H,4,6-7,11H2,1-3H3. The molecule has 0 aromatic carbocycles. The van der Waals surface area contributed by atoms with Gasteiger partial charge >= 0.3 is 0 Å². The molecule has 0 saturated carbocycles. The Morgan fingerprint density at radius 3 is 2.71 bits per heavy atom. The van der Waals surface area contributed by atoms with E-state index in [1.54, 1.807) is 0 Å². The van der Waals surface area contributed by atoms with Crippen LogP contribution in [0.4, 0.5) is 0 Å². The minimum Gasteiger partial charge on any atom is -0.271 e. The van der Waals surface area contributed by atoms with E-state index >= 15 is 0 Å². The van der Waals surface area contributed by atoms with E-state index in [-0.39, 0.29) is 11.8 Å². The van der Waals surface area contributed by atoms with Crippen molar-refractivity contribution in [3.8, 4) is 0 Å². The Morgan fingerprint density at radius 2 is 2.24 bits per heavy atom. The van der Waals surface area contributed by atoms with E-state index in [9.17, 15) is 8.42 Å². The predicted molar refractivity (Wildman–Crippen MR) is 67.2 cm³/mol. The van der Waals surface area contributed by atoms with Gasteiger partial charge in [-0.05, 0) is 19.9 Å². The van der Waals surface area contributed by atoms with Crippen molar-refractivity contribution in [3.05, 3.63) is 17.5 Å². The van der Waals surface area contributed by atoms with Crippen molar-refractivity contribution in [3.63, 3.8) is 0 Å². The molecule has 0 aliphatic carbocycles. The van der Waals surface area contributed by atoms with Crippen LogP contribution in [0.15, 0.2) is 6.07 Å². The molecule has 1 unspecified atom stereocenters. The highest BCUT2D eigenvalue weighted by Gasteiger charge is 2.16. The molecular formula is C10H20N4O2S. The molecule has 98 valence electrons. The molecule has 6 nitrogen and oxygen atoms in total. The Bertz CT molecular complexity index is 467. The normalized spacial score (nSPS) is 13.9. The summed E-state index contributed by atoms with van der Waals surface area (Å²) in [5, 5.41) is 4.31. The minimum atomic E-state index is -3.04. The number of rotatable bonds is 6. The van der Waals surface area contributed by atoms with Crippen LogP contribution in [0.25, 0.3) is 0 Å². The van der Waals surface area contributed by atoms with Crippen molar-refractivity contribution in [2.24, 2.45) is 5.84 Å². The van der Waals surface area contributed by atoms with Gasteiger partial charge in [-0.1, -0.05) is 0 Å². The number of aryl methyl sites for hydroxylation is 2. The molecule has 0 aliphatic heterocycles. The van der Waals surface area contributed by atoms with E-state index < -0.39 is 9.84 Å². The summed E-state index contributed by atoms with van der Waals surface area (Å²) in [6.07, 6.45) is 1.76. The second kappa shape index (κ2) is 5.61. The Hall–Kier alpha value is -0.920. The summed E-state index contributed by atoms with van der Waals surface area (Å²) < 4.78 is 24.3. The van der Waals surface area contributed by atoms with Crippen molar-refractivity contribution < 1.29 is 8.42 Å². The third-order valence-electron chi connectivity index (χ3n) is 2.48. The maximum absolute atomic E-state index is 11.2. The number of nitrogens with two attached hydrogens (primary N) is 1. The number of nitrogens with zero attached hydrogens (tertiary/aromatic N) is 2. The van der Waals surface area contributed by atoms with E-state index in [0.717, 1.165) is 17.9 Å². The molecule has 0 aliphatic rings. The largest absolute Gasteiger partial charge is 0.271 e. The van der Waals surface area contributed by atoms with Gasteiger partial charge in [0.05, 0.1) is 11.4 Å². The van der Waals surface area contributed by atoms with Crippen molar-refractivity contribution in [2.75, 3.05) is 12.0 Å². The molecule has 1 aromatic heterocycles. The summed E-state index contributed by atoms with van der Waals surface area (Å²) in [4.78, 5) is 0. The molecule has 0 saturated heterocycles. The number of hydrazine groups is 1. The molecule has 7 heteroatoms. The first-order valence-corrected chi connectivity index (χ1v) is 7.59. The van der Waals surface area contributed by atoms with Crippen LogP contribution in [0.3, 0.4) is 0 Å². The molecule has 0 radical (unpaired) electrons. The van der Waals surface area contributed by atoms with Gasteiger partial charge in [-0.2, -0.15) is 5.10 Å². The Kier molecular flexibility index (Phi) is 4.67. The summed E-state index contributed by atoms with van der Waals surface area (Å²) in [6.45, 7) is 4.67. The van der Waals surface area contributed by atoms with E-state index in [1.165, 1.54) is 6.26 Å². The highest BCUT2D eigenvalue weighted by Crippen LogP contribution is 2.08. The van der Waals surface area contributed by atoms with Crippen molar-refractivity contribution in [1.82, 2.24) is 15.2 Å². The van der Waals surface area contributed by atoms with Gasteiger partial charge in [0.15, 0.2) is 0 Å². The predicted octanol–water partition coefficient (Wildman–Crippen LogP) is -0.370. The lowest BCUT2D eigenvalue weighted by molar-refractivity contribution is 0.520. The van der Waals surface area contributed by atoms with Gasteiger partial charge in [0.2, 0.25) is 0 Å². The average molecular weight is 260 g/mol. The molecule has 1 heterocycles. The maximum atomic E-state index is 11.2. The van der Waals surface area contributed by atoms with Crippen LogP contribution < -0.4 is 11.3 Å². The van der Waals surface area contributed by atoms with Crippen LogP contribution in [0.1, 0.15) is 18.3 Å². The number of hydrogen-bond donors (Lipinski definition) is 2. The Labute approximate surface area is 102 Å². The monoisotopic (exact) mass is 260 g/mol. The summed E-state index contributed by atoms with van der Waals surface area (Å²) in [7, 11) is -3.04. The lowest BCUT2D eigenvalue weighted by Gasteiger charge is -2.15. The average Bonchev–Trinajstić information content (AvgIpc) is 2.55. The molecule has 0 amide bonds. The van der Waals surface area contributed by atoms with Crippen LogP contribution in [0, 0.1) is 6.92 Å². The van der Waals surface area contributed by atoms with Crippen LogP contribution in [0.2, 0.25) is 0 Å². The van der Waals surface area contributed by atoms with Gasteiger partial charge in [0.25, 0.3) is 0 Å². The van der Waals surface area contributed by atoms with Crippen LogP contribution in [-0.2, 0) is 22.8 Å². The topological polar surface area (TPSA) is 90.0 Å². The summed E-state index contributed by atoms with van der Waals surface area (Å²) in [5.74, 6) is 5.41. The summed E-state index contributed by atoms with van der Waals surface area (Å²) >= 11 is 0. The second-order valence-electron chi connectivity index (χ2n) is 4.25. The molecule has 0 fully saturated rings. The summed E-state index contributed by atoms with van der Waals surface area (Å²) in [6, 6.07) is 1.67. The van der Waals surface area contributed by atoms with Gasteiger partial charge in [-0.15, -0.1) is 0 Å². The molecule has 1 rings (SSSR count). The summed E-state index contributed by atoms with van der Waals surface area (Å²) in [5.41, 5.74) is 4.47. The van der Waals surface area contributed by atoms with Crippen molar-refractivity contribution >= 4 is 9.84 Å². The van der Waals surface area contributed by atoms with Crippen LogP contribution in [0.5, 0.6) is 0 Å². The van der Waals surface area contributed by atoms with E-state index in [2.05, 4.69) is 10.5 Å². The van der Waals surface area contributed by atoms with Crippen molar-refractivity contribution in [2.45, 2.75) is 32.9 Å². The zero-order chi connectivity index (χ0) is 13.1. The van der Waals surface area contributed by atoms with Gasteiger partial charge in [-0.3, -0.25) is 16.0 Å². The zero-order valence-electron chi connectivity index (χ0n) is 10.5. The molecule has 0 bridgehead atoms. The molecule has 1 aromatic rings. The fraction of sp³-hybridized carbons (Fsp3) is 0.700. The number of sulfone groups is 1. The SMILES string of the molecule is CCn1nc(C)cc1CC(CS(C)(=O)=O)NN. The third kappa shape index (κ3) is 4.45. The van der Waals surface area contributed by atoms with Gasteiger partial charge < -0.3 is 0 Å². The number of aromatic nitrogens is 2. The number of nitrogens with one attached hydrogen (secondary N) is 1. The van der Waals surface area contributed by atoms with Crippen LogP contribution in [-0.4, -0.2) is 36.2 Å². The lowest BCUT2D eigenvalue weighted by Crippen LogP contribution is -2.42. The Morgan fingerprint density at radius 1 is 1.59 bits per heavy atom. The van der Waals surface area contributed by atoms with E-state index in [1.807, 2.05) is 24.6 Å². The quantitative estimate of drug-likeness (QED) is 0.538. The first kappa shape index (κ1) is 14.1. The highest BCUT2D eigenvalue weighted by atomic mass is 32.2. The molecular weight excluding hydrogens is 240 g/mol. The fourth-order valence-corrected chi connectivity index (χ4v) is 2.77. The van der Waals surface area contributed by atoms with Gasteiger partial charge in [0, 0.05) is 31.0 Å². The molecule has 3 N–H and O–H groups in total.